The number of amides is 1. The van der Waals surface area contributed by atoms with Crippen molar-refractivity contribution >= 4 is 6.09 Å². The zero-order valence-corrected chi connectivity index (χ0v) is 11.2. The summed E-state index contributed by atoms with van der Waals surface area (Å²) < 4.78 is 10.7. The van der Waals surface area contributed by atoms with Crippen molar-refractivity contribution < 1.29 is 14.3 Å². The zero-order valence-electron chi connectivity index (χ0n) is 11.2. The minimum absolute atomic E-state index is 0.190. The molecule has 2 rings (SSSR count). The van der Waals surface area contributed by atoms with Crippen molar-refractivity contribution in [3.63, 3.8) is 0 Å². The summed E-state index contributed by atoms with van der Waals surface area (Å²) in [6.07, 6.45) is 5.27. The maximum atomic E-state index is 11.3. The lowest BCUT2D eigenvalue weighted by Gasteiger charge is -2.28. The maximum Gasteiger partial charge on any atom is 0.407 e. The lowest BCUT2D eigenvalue weighted by molar-refractivity contribution is 0.120. The van der Waals surface area contributed by atoms with E-state index in [-0.39, 0.29) is 18.2 Å². The molecule has 0 aliphatic heterocycles. The Bertz CT molecular complexity index is 389. The lowest BCUT2D eigenvalue weighted by Crippen LogP contribution is -2.40. The van der Waals surface area contributed by atoms with Gasteiger partial charge >= 0.3 is 6.09 Å². The Balaban J connectivity index is 1.72. The quantitative estimate of drug-likeness (QED) is 0.907. The number of ether oxygens (including phenoxy) is 2. The van der Waals surface area contributed by atoms with Gasteiger partial charge in [0, 0.05) is 18.3 Å². The summed E-state index contributed by atoms with van der Waals surface area (Å²) in [6, 6.07) is 5.84. The second-order valence-corrected chi connectivity index (χ2v) is 4.62. The molecule has 1 aliphatic rings. The Kier molecular flexibility index (Phi) is 5.01. The van der Waals surface area contributed by atoms with E-state index in [1.165, 1.54) is 0 Å². The second-order valence-electron chi connectivity index (χ2n) is 4.62. The van der Waals surface area contributed by atoms with E-state index in [1.807, 2.05) is 18.2 Å². The van der Waals surface area contributed by atoms with Crippen LogP contribution < -0.4 is 10.1 Å². The van der Waals surface area contributed by atoms with E-state index < -0.39 is 0 Å². The average molecular weight is 264 g/mol. The van der Waals surface area contributed by atoms with Crippen LogP contribution in [0.4, 0.5) is 4.79 Å². The molecule has 1 saturated carbocycles. The fourth-order valence-electron chi connectivity index (χ4n) is 2.25. The van der Waals surface area contributed by atoms with Gasteiger partial charge in [-0.3, -0.25) is 0 Å². The highest BCUT2D eigenvalue weighted by Crippen LogP contribution is 2.22. The number of hydrogen-bond acceptors (Lipinski definition) is 4. The van der Waals surface area contributed by atoms with Crippen molar-refractivity contribution in [3.05, 3.63) is 24.4 Å². The van der Waals surface area contributed by atoms with Gasteiger partial charge in [-0.15, -0.1) is 0 Å². The smallest absolute Gasteiger partial charge is 0.407 e. The molecule has 104 valence electrons. The van der Waals surface area contributed by atoms with Gasteiger partial charge in [-0.05, 0) is 38.7 Å². The summed E-state index contributed by atoms with van der Waals surface area (Å²) in [5.41, 5.74) is 0. The van der Waals surface area contributed by atoms with Crippen molar-refractivity contribution in [3.8, 4) is 5.88 Å². The normalized spacial score (nSPS) is 22.6. The van der Waals surface area contributed by atoms with Gasteiger partial charge in [0.1, 0.15) is 6.10 Å². The predicted molar refractivity (Wildman–Crippen MR) is 71.1 cm³/mol. The molecule has 0 aromatic carbocycles. The molecule has 5 nitrogen and oxygen atoms in total. The molecule has 0 radical (unpaired) electrons. The van der Waals surface area contributed by atoms with Crippen molar-refractivity contribution in [1.82, 2.24) is 10.3 Å². The lowest BCUT2D eigenvalue weighted by atomic mass is 9.93. The SMILES string of the molecule is CCOC(=O)NC1CCC(Oc2ccccn2)CC1. The summed E-state index contributed by atoms with van der Waals surface area (Å²) in [4.78, 5) is 15.5. The number of carbonyl (C=O) groups excluding carboxylic acids is 1. The highest BCUT2D eigenvalue weighted by atomic mass is 16.5. The summed E-state index contributed by atoms with van der Waals surface area (Å²) in [5, 5.41) is 2.87. The molecule has 0 saturated heterocycles. The first-order valence-electron chi connectivity index (χ1n) is 6.79. The van der Waals surface area contributed by atoms with Gasteiger partial charge in [0.25, 0.3) is 0 Å². The molecule has 1 aromatic heterocycles. The highest BCUT2D eigenvalue weighted by molar-refractivity contribution is 5.67. The van der Waals surface area contributed by atoms with Gasteiger partial charge < -0.3 is 14.8 Å². The Morgan fingerprint density at radius 3 is 2.79 bits per heavy atom. The Hall–Kier alpha value is -1.78. The second kappa shape index (κ2) is 6.97. The summed E-state index contributed by atoms with van der Waals surface area (Å²) in [5.74, 6) is 0.671. The number of aromatic nitrogens is 1. The van der Waals surface area contributed by atoms with Crippen molar-refractivity contribution in [2.75, 3.05) is 6.61 Å². The van der Waals surface area contributed by atoms with E-state index in [0.29, 0.717) is 12.5 Å². The van der Waals surface area contributed by atoms with Crippen LogP contribution >= 0.6 is 0 Å². The third kappa shape index (κ3) is 4.43. The predicted octanol–water partition coefficient (Wildman–Crippen LogP) is 2.52. The molecule has 0 spiro atoms. The monoisotopic (exact) mass is 264 g/mol. The van der Waals surface area contributed by atoms with E-state index in [9.17, 15) is 4.79 Å². The molecule has 5 heteroatoms. The largest absolute Gasteiger partial charge is 0.474 e. The first kappa shape index (κ1) is 13.6. The molecule has 0 bridgehead atoms. The van der Waals surface area contributed by atoms with Crippen LogP contribution in [0.5, 0.6) is 5.88 Å². The Labute approximate surface area is 113 Å². The summed E-state index contributed by atoms with van der Waals surface area (Å²) in [6.45, 7) is 2.21. The number of nitrogens with zero attached hydrogens (tertiary/aromatic N) is 1. The molecule has 0 unspecified atom stereocenters. The van der Waals surface area contributed by atoms with Crippen LogP contribution in [0.2, 0.25) is 0 Å². The standard InChI is InChI=1S/C14H20N2O3/c1-2-18-14(17)16-11-6-8-12(9-7-11)19-13-5-3-4-10-15-13/h3-5,10-12H,2,6-9H2,1H3,(H,16,17). The van der Waals surface area contributed by atoms with E-state index in [0.717, 1.165) is 25.7 Å². The molecular formula is C14H20N2O3. The van der Waals surface area contributed by atoms with Crippen LogP contribution in [-0.2, 0) is 4.74 Å². The topological polar surface area (TPSA) is 60.5 Å². The minimum atomic E-state index is -0.323. The number of pyridine rings is 1. The fraction of sp³-hybridized carbons (Fsp3) is 0.571. The van der Waals surface area contributed by atoms with Crippen LogP contribution in [0, 0.1) is 0 Å². The first-order chi connectivity index (χ1) is 9.28. The van der Waals surface area contributed by atoms with E-state index in [1.54, 1.807) is 13.1 Å². The zero-order chi connectivity index (χ0) is 13.5. The van der Waals surface area contributed by atoms with Crippen molar-refractivity contribution in [2.45, 2.75) is 44.8 Å². The van der Waals surface area contributed by atoms with Gasteiger partial charge in [0.05, 0.1) is 6.61 Å². The van der Waals surface area contributed by atoms with Crippen molar-refractivity contribution in [2.24, 2.45) is 0 Å². The number of rotatable bonds is 4. The van der Waals surface area contributed by atoms with Gasteiger partial charge in [-0.1, -0.05) is 6.07 Å². The molecule has 1 amide bonds. The molecule has 1 fully saturated rings. The van der Waals surface area contributed by atoms with Crippen LogP contribution in [0.3, 0.4) is 0 Å². The number of hydrogen-bond donors (Lipinski definition) is 1. The van der Waals surface area contributed by atoms with Crippen LogP contribution in [0.1, 0.15) is 32.6 Å². The molecular weight excluding hydrogens is 244 g/mol. The van der Waals surface area contributed by atoms with Gasteiger partial charge in [0.2, 0.25) is 5.88 Å². The average Bonchev–Trinajstić information content (AvgIpc) is 2.42. The molecule has 1 aliphatic carbocycles. The van der Waals surface area contributed by atoms with Gasteiger partial charge in [-0.2, -0.15) is 0 Å². The number of alkyl carbamates (subject to hydrolysis) is 1. The highest BCUT2D eigenvalue weighted by Gasteiger charge is 2.24. The maximum absolute atomic E-state index is 11.3. The Morgan fingerprint density at radius 1 is 1.37 bits per heavy atom. The van der Waals surface area contributed by atoms with Crippen LogP contribution in [-0.4, -0.2) is 29.8 Å². The molecule has 0 atom stereocenters. The fourth-order valence-corrected chi connectivity index (χ4v) is 2.25. The first-order valence-corrected chi connectivity index (χ1v) is 6.79. The molecule has 1 N–H and O–H groups in total. The molecule has 1 heterocycles. The van der Waals surface area contributed by atoms with Crippen LogP contribution in [0.25, 0.3) is 0 Å². The molecule has 1 aromatic rings. The van der Waals surface area contributed by atoms with E-state index >= 15 is 0 Å². The third-order valence-corrected chi connectivity index (χ3v) is 3.20. The van der Waals surface area contributed by atoms with Crippen LogP contribution in [0.15, 0.2) is 24.4 Å². The number of nitrogens with one attached hydrogen (secondary N) is 1. The molecule has 19 heavy (non-hydrogen) atoms. The van der Waals surface area contributed by atoms with E-state index in [2.05, 4.69) is 10.3 Å². The summed E-state index contributed by atoms with van der Waals surface area (Å²) in [7, 11) is 0. The minimum Gasteiger partial charge on any atom is -0.474 e. The van der Waals surface area contributed by atoms with Crippen molar-refractivity contribution in [1.29, 1.82) is 0 Å². The third-order valence-electron chi connectivity index (χ3n) is 3.20. The summed E-state index contributed by atoms with van der Waals surface area (Å²) >= 11 is 0. The van der Waals surface area contributed by atoms with Gasteiger partial charge in [-0.25, -0.2) is 9.78 Å². The van der Waals surface area contributed by atoms with E-state index in [4.69, 9.17) is 9.47 Å². The number of carbonyl (C=O) groups is 1. The van der Waals surface area contributed by atoms with Gasteiger partial charge in [0.15, 0.2) is 0 Å². The Morgan fingerprint density at radius 2 is 2.16 bits per heavy atom.